The van der Waals surface area contributed by atoms with Crippen LogP contribution in [0.4, 0.5) is 4.79 Å². The number of carboxylic acid groups (broad SMARTS) is 1. The van der Waals surface area contributed by atoms with Crippen LogP contribution in [0.1, 0.15) is 28.9 Å². The van der Waals surface area contributed by atoms with Crippen molar-refractivity contribution in [3.8, 4) is 11.5 Å². The Morgan fingerprint density at radius 3 is 2.59 bits per heavy atom. The van der Waals surface area contributed by atoms with E-state index in [4.69, 9.17) is 9.84 Å². The van der Waals surface area contributed by atoms with E-state index in [1.807, 2.05) is 6.92 Å². The number of phenolic OH excluding ortho intramolecular Hbond substituents is 1. The van der Waals surface area contributed by atoms with Crippen LogP contribution >= 0.6 is 0 Å². The van der Waals surface area contributed by atoms with Crippen molar-refractivity contribution < 1.29 is 24.5 Å². The molecule has 1 fully saturated rings. The SMILES string of the molecule is CC(c1c(O)ccc2c1OCC2=O)N1CCN(C(=O)O)CC1. The van der Waals surface area contributed by atoms with E-state index < -0.39 is 6.09 Å². The summed E-state index contributed by atoms with van der Waals surface area (Å²) in [4.78, 5) is 26.2. The third-order valence-corrected chi connectivity index (χ3v) is 4.37. The molecular formula is C15H18N2O5. The van der Waals surface area contributed by atoms with Gasteiger partial charge in [-0.15, -0.1) is 0 Å². The topological polar surface area (TPSA) is 90.3 Å². The first kappa shape index (κ1) is 14.6. The van der Waals surface area contributed by atoms with Gasteiger partial charge in [-0.05, 0) is 19.1 Å². The van der Waals surface area contributed by atoms with E-state index in [0.29, 0.717) is 43.1 Å². The van der Waals surface area contributed by atoms with Gasteiger partial charge in [0.05, 0.1) is 11.1 Å². The molecule has 2 aliphatic heterocycles. The molecule has 2 heterocycles. The molecule has 1 aromatic carbocycles. The first-order valence-electron chi connectivity index (χ1n) is 7.23. The van der Waals surface area contributed by atoms with Gasteiger partial charge in [0, 0.05) is 32.2 Å². The zero-order valence-corrected chi connectivity index (χ0v) is 12.3. The van der Waals surface area contributed by atoms with Gasteiger partial charge in [-0.1, -0.05) is 0 Å². The molecule has 0 radical (unpaired) electrons. The number of hydrogen-bond donors (Lipinski definition) is 2. The number of aromatic hydroxyl groups is 1. The summed E-state index contributed by atoms with van der Waals surface area (Å²) < 4.78 is 5.45. The molecule has 7 nitrogen and oxygen atoms in total. The third-order valence-electron chi connectivity index (χ3n) is 4.37. The predicted octanol–water partition coefficient (Wildman–Crippen LogP) is 1.32. The lowest BCUT2D eigenvalue weighted by molar-refractivity contribution is 0.0875. The first-order chi connectivity index (χ1) is 10.5. The van der Waals surface area contributed by atoms with Gasteiger partial charge in [0.2, 0.25) is 5.78 Å². The molecule has 0 spiro atoms. The fourth-order valence-corrected chi connectivity index (χ4v) is 3.07. The Morgan fingerprint density at radius 1 is 1.27 bits per heavy atom. The van der Waals surface area contributed by atoms with Crippen molar-refractivity contribution in [1.29, 1.82) is 0 Å². The molecule has 2 aliphatic rings. The van der Waals surface area contributed by atoms with Gasteiger partial charge in [-0.3, -0.25) is 9.69 Å². The van der Waals surface area contributed by atoms with Crippen molar-refractivity contribution in [2.24, 2.45) is 0 Å². The Bertz CT molecular complexity index is 623. The number of Topliss-reactive ketones (excluding diaryl/α,β-unsaturated/α-hetero) is 1. The Kier molecular flexibility index (Phi) is 3.66. The highest BCUT2D eigenvalue weighted by molar-refractivity contribution is 6.03. The lowest BCUT2D eigenvalue weighted by atomic mass is 9.99. The summed E-state index contributed by atoms with van der Waals surface area (Å²) in [5, 5.41) is 19.2. The predicted molar refractivity (Wildman–Crippen MR) is 77.5 cm³/mol. The Labute approximate surface area is 127 Å². The van der Waals surface area contributed by atoms with Gasteiger partial charge < -0.3 is 19.8 Å². The molecule has 0 aromatic heterocycles. The molecule has 1 saturated heterocycles. The summed E-state index contributed by atoms with van der Waals surface area (Å²) >= 11 is 0. The van der Waals surface area contributed by atoms with Crippen molar-refractivity contribution in [1.82, 2.24) is 9.80 Å². The number of hydrogen-bond acceptors (Lipinski definition) is 5. The maximum absolute atomic E-state index is 11.8. The van der Waals surface area contributed by atoms with Crippen LogP contribution in [-0.2, 0) is 0 Å². The van der Waals surface area contributed by atoms with Crippen LogP contribution in [0.3, 0.4) is 0 Å². The van der Waals surface area contributed by atoms with Crippen LogP contribution in [-0.4, -0.2) is 64.7 Å². The molecule has 0 saturated carbocycles. The van der Waals surface area contributed by atoms with Gasteiger partial charge in [0.1, 0.15) is 11.5 Å². The van der Waals surface area contributed by atoms with E-state index in [2.05, 4.69) is 4.90 Å². The van der Waals surface area contributed by atoms with E-state index in [1.54, 1.807) is 6.07 Å². The van der Waals surface area contributed by atoms with Crippen LogP contribution < -0.4 is 4.74 Å². The average molecular weight is 306 g/mol. The second-order valence-electron chi connectivity index (χ2n) is 5.57. The average Bonchev–Trinajstić information content (AvgIpc) is 2.88. The number of amides is 1. The molecule has 1 aromatic rings. The summed E-state index contributed by atoms with van der Waals surface area (Å²) in [6, 6.07) is 2.94. The molecule has 1 amide bonds. The number of ketones is 1. The minimum Gasteiger partial charge on any atom is -0.507 e. The van der Waals surface area contributed by atoms with Crippen LogP contribution in [0.2, 0.25) is 0 Å². The van der Waals surface area contributed by atoms with E-state index in [9.17, 15) is 14.7 Å². The monoisotopic (exact) mass is 306 g/mol. The Balaban J connectivity index is 1.83. The van der Waals surface area contributed by atoms with Crippen LogP contribution in [0.25, 0.3) is 0 Å². The highest BCUT2D eigenvalue weighted by Crippen LogP contribution is 2.41. The van der Waals surface area contributed by atoms with Gasteiger partial charge >= 0.3 is 6.09 Å². The molecular weight excluding hydrogens is 288 g/mol. The molecule has 118 valence electrons. The number of ether oxygens (including phenoxy) is 1. The molecule has 3 rings (SSSR count). The smallest absolute Gasteiger partial charge is 0.407 e. The number of nitrogens with zero attached hydrogens (tertiary/aromatic N) is 2. The van der Waals surface area contributed by atoms with Crippen molar-refractivity contribution >= 4 is 11.9 Å². The molecule has 1 atom stereocenters. The van der Waals surface area contributed by atoms with Crippen molar-refractivity contribution in [2.75, 3.05) is 32.8 Å². The summed E-state index contributed by atoms with van der Waals surface area (Å²) in [7, 11) is 0. The molecule has 0 aliphatic carbocycles. The lowest BCUT2D eigenvalue weighted by Crippen LogP contribution is -2.48. The Hall–Kier alpha value is -2.28. The third kappa shape index (κ3) is 2.37. The number of piperazine rings is 1. The number of benzene rings is 1. The molecule has 7 heteroatoms. The normalized spacial score (nSPS) is 19.7. The molecule has 22 heavy (non-hydrogen) atoms. The van der Waals surface area contributed by atoms with Gasteiger partial charge in [0.15, 0.2) is 6.61 Å². The summed E-state index contributed by atoms with van der Waals surface area (Å²) in [5.41, 5.74) is 1.11. The minimum absolute atomic E-state index is 0.00526. The van der Waals surface area contributed by atoms with E-state index in [0.717, 1.165) is 0 Å². The standard InChI is InChI=1S/C15H18N2O5/c1-9(16-4-6-17(7-5-16)15(20)21)13-11(18)3-2-10-12(19)8-22-14(10)13/h2-3,9,18H,4-8H2,1H3,(H,20,21). The maximum Gasteiger partial charge on any atom is 0.407 e. The van der Waals surface area contributed by atoms with Gasteiger partial charge in [0.25, 0.3) is 0 Å². The van der Waals surface area contributed by atoms with E-state index in [-0.39, 0.29) is 24.2 Å². The number of rotatable bonds is 2. The Morgan fingerprint density at radius 2 is 1.95 bits per heavy atom. The van der Waals surface area contributed by atoms with Crippen molar-refractivity contribution in [2.45, 2.75) is 13.0 Å². The molecule has 1 unspecified atom stereocenters. The second kappa shape index (κ2) is 5.49. The summed E-state index contributed by atoms with van der Waals surface area (Å²) in [6.07, 6.45) is -0.912. The highest BCUT2D eigenvalue weighted by atomic mass is 16.5. The number of fused-ring (bicyclic) bond motifs is 1. The number of carbonyl (C=O) groups is 2. The highest BCUT2D eigenvalue weighted by Gasteiger charge is 2.32. The van der Waals surface area contributed by atoms with Crippen LogP contribution in [0.5, 0.6) is 11.5 Å². The zero-order chi connectivity index (χ0) is 15.9. The summed E-state index contributed by atoms with van der Waals surface area (Å²) in [6.45, 7) is 3.93. The van der Waals surface area contributed by atoms with E-state index >= 15 is 0 Å². The van der Waals surface area contributed by atoms with Gasteiger partial charge in [-0.2, -0.15) is 0 Å². The van der Waals surface area contributed by atoms with Crippen LogP contribution in [0, 0.1) is 0 Å². The lowest BCUT2D eigenvalue weighted by Gasteiger charge is -2.37. The van der Waals surface area contributed by atoms with E-state index in [1.165, 1.54) is 11.0 Å². The zero-order valence-electron chi connectivity index (χ0n) is 12.3. The number of phenols is 1. The maximum atomic E-state index is 11.8. The van der Waals surface area contributed by atoms with Crippen LogP contribution in [0.15, 0.2) is 12.1 Å². The fourth-order valence-electron chi connectivity index (χ4n) is 3.07. The minimum atomic E-state index is -0.912. The molecule has 2 N–H and O–H groups in total. The largest absolute Gasteiger partial charge is 0.507 e. The first-order valence-corrected chi connectivity index (χ1v) is 7.23. The molecule has 0 bridgehead atoms. The quantitative estimate of drug-likeness (QED) is 0.856. The second-order valence-corrected chi connectivity index (χ2v) is 5.57. The van der Waals surface area contributed by atoms with Crippen molar-refractivity contribution in [3.63, 3.8) is 0 Å². The fraction of sp³-hybridized carbons (Fsp3) is 0.467. The summed E-state index contributed by atoms with van der Waals surface area (Å²) in [5.74, 6) is 0.471. The van der Waals surface area contributed by atoms with Gasteiger partial charge in [-0.25, -0.2) is 4.79 Å². The van der Waals surface area contributed by atoms with Crippen molar-refractivity contribution in [3.05, 3.63) is 23.3 Å². The number of carbonyl (C=O) groups excluding carboxylic acids is 1.